The van der Waals surface area contributed by atoms with Gasteiger partial charge >= 0.3 is 57.5 Å². The van der Waals surface area contributed by atoms with Crippen molar-refractivity contribution in [1.82, 2.24) is 0 Å². The summed E-state index contributed by atoms with van der Waals surface area (Å²) in [6.07, 6.45) is -27.3. The van der Waals surface area contributed by atoms with Gasteiger partial charge in [-0.25, -0.2) is 44.8 Å². The summed E-state index contributed by atoms with van der Waals surface area (Å²) in [5.74, 6) is -0.677. The predicted molar refractivity (Wildman–Crippen MR) is 29.5 cm³/mol. The molecule has 0 unspecified atom stereocenters. The summed E-state index contributed by atoms with van der Waals surface area (Å²) in [4.78, 5) is 0. The molecular weight excluding hydrogens is 283 g/mol. The SMILES string of the molecule is N#C[B-](C(F)(F)F)(C(F)(F)F)C(F)(F)F.[K+]. The summed E-state index contributed by atoms with van der Waals surface area (Å²) >= 11 is 0. The molecular formula is C4BF9KN. The molecule has 0 atom stereocenters. The third kappa shape index (κ3) is 2.87. The zero-order valence-corrected chi connectivity index (χ0v) is 10.5. The van der Waals surface area contributed by atoms with Crippen molar-refractivity contribution in [3.05, 3.63) is 0 Å². The van der Waals surface area contributed by atoms with Gasteiger partial charge in [0.25, 0.3) is 18.2 Å². The zero-order valence-electron chi connectivity index (χ0n) is 7.43. The van der Waals surface area contributed by atoms with Crippen molar-refractivity contribution < 1.29 is 90.9 Å². The van der Waals surface area contributed by atoms with Crippen LogP contribution in [0, 0.1) is 11.2 Å². The Balaban J connectivity index is 0. The average Bonchev–Trinajstić information content (AvgIpc) is 1.76. The molecule has 0 aromatic heterocycles. The van der Waals surface area contributed by atoms with Crippen LogP contribution in [0.5, 0.6) is 0 Å². The minimum absolute atomic E-state index is 0. The van der Waals surface area contributed by atoms with Crippen LogP contribution in [0.25, 0.3) is 0 Å². The molecule has 0 amide bonds. The Bertz CT molecular complexity index is 246. The van der Waals surface area contributed by atoms with Crippen LogP contribution in [-0.4, -0.2) is 24.4 Å². The Morgan fingerprint density at radius 1 is 0.688 bits per heavy atom. The van der Waals surface area contributed by atoms with Crippen LogP contribution in [-0.2, 0) is 0 Å². The number of rotatable bonds is 0. The minimum Gasteiger partial charge on any atom is -0.249 e. The van der Waals surface area contributed by atoms with Gasteiger partial charge in [0, 0.05) is 0 Å². The van der Waals surface area contributed by atoms with E-state index < -0.39 is 30.3 Å². The smallest absolute Gasteiger partial charge is 0.249 e. The van der Waals surface area contributed by atoms with Crippen molar-refractivity contribution in [1.29, 1.82) is 5.26 Å². The predicted octanol–water partition coefficient (Wildman–Crippen LogP) is -0.194. The molecule has 0 aliphatic heterocycles. The van der Waals surface area contributed by atoms with Crippen LogP contribution in [0.2, 0.25) is 0 Å². The van der Waals surface area contributed by atoms with E-state index in [4.69, 9.17) is 5.26 Å². The summed E-state index contributed by atoms with van der Waals surface area (Å²) < 4.78 is 106. The largest absolute Gasteiger partial charge is 1.00 e. The van der Waals surface area contributed by atoms with Crippen LogP contribution in [0.1, 0.15) is 0 Å². The van der Waals surface area contributed by atoms with Gasteiger partial charge in [0.1, 0.15) is 0 Å². The number of hydrogen-bond acceptors (Lipinski definition) is 1. The molecule has 0 spiro atoms. The molecule has 0 N–H and O–H groups in total. The van der Waals surface area contributed by atoms with E-state index in [1.807, 2.05) is 0 Å². The zero-order chi connectivity index (χ0) is 12.7. The van der Waals surface area contributed by atoms with Crippen LogP contribution >= 0.6 is 0 Å². The molecule has 0 bridgehead atoms. The Labute approximate surface area is 125 Å². The number of hydrogen-bond donors (Lipinski definition) is 0. The summed E-state index contributed by atoms with van der Waals surface area (Å²) in [6.45, 7) is 0. The molecule has 0 heterocycles. The Kier molecular flexibility index (Phi) is 5.97. The van der Waals surface area contributed by atoms with Gasteiger partial charge in [-0.1, -0.05) is 0 Å². The van der Waals surface area contributed by atoms with E-state index >= 15 is 0 Å². The minimum atomic E-state index is -7.12. The maximum absolute atomic E-state index is 11.7. The molecule has 1 nitrogen and oxygen atoms in total. The van der Waals surface area contributed by atoms with Crippen molar-refractivity contribution in [2.45, 2.75) is 18.2 Å². The number of nitriles is 1. The molecule has 0 saturated carbocycles. The molecule has 0 aliphatic carbocycles. The number of nitrogens with zero attached hydrogens (tertiary/aromatic N) is 1. The van der Waals surface area contributed by atoms with E-state index in [1.54, 1.807) is 0 Å². The monoisotopic (exact) mass is 283 g/mol. The molecule has 0 saturated heterocycles. The Hall–Kier alpha value is 0.561. The number of alkyl halides is 9. The second kappa shape index (κ2) is 5.05. The first-order valence-corrected chi connectivity index (χ1v) is 3.08. The van der Waals surface area contributed by atoms with Crippen molar-refractivity contribution in [2.24, 2.45) is 0 Å². The van der Waals surface area contributed by atoms with E-state index in [9.17, 15) is 39.5 Å². The molecule has 16 heavy (non-hydrogen) atoms. The van der Waals surface area contributed by atoms with Crippen molar-refractivity contribution in [3.63, 3.8) is 0 Å². The normalized spacial score (nSPS) is 14.0. The van der Waals surface area contributed by atoms with Gasteiger partial charge in [-0.15, -0.1) is 5.97 Å². The van der Waals surface area contributed by atoms with E-state index in [0.717, 1.165) is 0 Å². The fourth-order valence-corrected chi connectivity index (χ4v) is 0.776. The Morgan fingerprint density at radius 2 is 0.875 bits per heavy atom. The second-order valence-corrected chi connectivity index (χ2v) is 2.62. The van der Waals surface area contributed by atoms with Crippen LogP contribution in [0.15, 0.2) is 0 Å². The van der Waals surface area contributed by atoms with Gasteiger partial charge in [-0.2, -0.15) is 0 Å². The molecule has 0 aliphatic rings. The van der Waals surface area contributed by atoms with Crippen molar-refractivity contribution >= 4 is 6.15 Å². The molecule has 0 aromatic carbocycles. The molecule has 0 rings (SSSR count). The Morgan fingerprint density at radius 3 is 0.875 bits per heavy atom. The first kappa shape index (κ1) is 18.9. The second-order valence-electron chi connectivity index (χ2n) is 2.62. The maximum atomic E-state index is 11.7. The van der Waals surface area contributed by atoms with E-state index in [-0.39, 0.29) is 51.4 Å². The summed E-state index contributed by atoms with van der Waals surface area (Å²) in [6, 6.07) is 0. The first-order chi connectivity index (χ1) is 6.31. The van der Waals surface area contributed by atoms with Gasteiger partial charge < -0.3 is 0 Å². The van der Waals surface area contributed by atoms with Gasteiger partial charge in [0.15, 0.2) is 0 Å². The average molecular weight is 283 g/mol. The fraction of sp³-hybridized carbons (Fsp3) is 0.750. The summed E-state index contributed by atoms with van der Waals surface area (Å²) in [7, 11) is 0. The van der Waals surface area contributed by atoms with E-state index in [2.05, 4.69) is 0 Å². The van der Waals surface area contributed by atoms with Gasteiger partial charge in [-0.3, -0.25) is 0 Å². The molecule has 0 radical (unpaired) electrons. The van der Waals surface area contributed by atoms with Gasteiger partial charge in [-0.05, 0) is 0 Å². The topological polar surface area (TPSA) is 23.8 Å². The standard InChI is InChI=1S/C4BF9N.K/c6-2(7,8)5(1-15,3(9,10)11)4(12,13)14;/q-1;+1. The van der Waals surface area contributed by atoms with Gasteiger partial charge in [0.2, 0.25) is 0 Å². The summed E-state index contributed by atoms with van der Waals surface area (Å²) in [5.41, 5.74) is 0. The third-order valence-electron chi connectivity index (χ3n) is 1.67. The van der Waals surface area contributed by atoms with E-state index in [0.29, 0.717) is 0 Å². The van der Waals surface area contributed by atoms with Crippen molar-refractivity contribution in [3.8, 4) is 5.97 Å². The van der Waals surface area contributed by atoms with Gasteiger partial charge in [0.05, 0.1) is 0 Å². The van der Waals surface area contributed by atoms with Crippen LogP contribution in [0.3, 0.4) is 0 Å². The number of halogens is 9. The summed E-state index contributed by atoms with van der Waals surface area (Å²) in [5, 5.41) is 7.60. The molecule has 0 aromatic rings. The van der Waals surface area contributed by atoms with E-state index in [1.165, 1.54) is 0 Å². The maximum Gasteiger partial charge on any atom is 1.00 e. The quantitative estimate of drug-likeness (QED) is 0.446. The van der Waals surface area contributed by atoms with Crippen LogP contribution < -0.4 is 51.4 Å². The van der Waals surface area contributed by atoms with Crippen LogP contribution in [0.4, 0.5) is 39.5 Å². The first-order valence-electron chi connectivity index (χ1n) is 3.08. The fourth-order valence-electron chi connectivity index (χ4n) is 0.776. The van der Waals surface area contributed by atoms with Crippen molar-refractivity contribution in [2.75, 3.05) is 0 Å². The molecule has 0 fully saturated rings. The molecule has 12 heteroatoms. The third-order valence-corrected chi connectivity index (χ3v) is 1.67. The molecule has 88 valence electrons.